The fraction of sp³-hybridized carbons (Fsp3) is 0.182. The van der Waals surface area contributed by atoms with Crippen LogP contribution in [0.2, 0.25) is 0 Å². The van der Waals surface area contributed by atoms with E-state index >= 15 is 0 Å². The SMILES string of the molecule is CCc1sc2nc(-c3ccc(F)cc3)c(C=O)n2c1-c1ccc(C)cc1C. The largest absolute Gasteiger partial charge is 0.296 e. The summed E-state index contributed by atoms with van der Waals surface area (Å²) in [7, 11) is 0. The van der Waals surface area contributed by atoms with Crippen molar-refractivity contribution in [3.63, 3.8) is 0 Å². The van der Waals surface area contributed by atoms with Crippen molar-refractivity contribution in [3.05, 3.63) is 70.0 Å². The van der Waals surface area contributed by atoms with Crippen molar-refractivity contribution in [1.82, 2.24) is 9.38 Å². The quantitative estimate of drug-likeness (QED) is 0.417. The van der Waals surface area contributed by atoms with Crippen molar-refractivity contribution >= 4 is 22.6 Å². The molecule has 0 unspecified atom stereocenters. The first-order valence-electron chi connectivity index (χ1n) is 8.86. The molecule has 0 atom stereocenters. The van der Waals surface area contributed by atoms with Crippen LogP contribution < -0.4 is 0 Å². The van der Waals surface area contributed by atoms with Crippen LogP contribution in [0.25, 0.3) is 27.5 Å². The molecular weight excluding hydrogens is 359 g/mol. The average molecular weight is 378 g/mol. The van der Waals surface area contributed by atoms with E-state index in [1.54, 1.807) is 23.5 Å². The Bertz CT molecular complexity index is 1160. The maximum absolute atomic E-state index is 13.3. The molecule has 2 aromatic heterocycles. The van der Waals surface area contributed by atoms with Crippen LogP contribution in [0.15, 0.2) is 42.5 Å². The van der Waals surface area contributed by atoms with Crippen LogP contribution in [0.3, 0.4) is 0 Å². The second-order valence-corrected chi connectivity index (χ2v) is 7.70. The number of thiazole rings is 1. The van der Waals surface area contributed by atoms with Gasteiger partial charge in [-0.1, -0.05) is 30.7 Å². The van der Waals surface area contributed by atoms with Crippen LogP contribution in [0.4, 0.5) is 4.39 Å². The van der Waals surface area contributed by atoms with Gasteiger partial charge in [0.25, 0.3) is 0 Å². The van der Waals surface area contributed by atoms with E-state index in [1.165, 1.54) is 28.1 Å². The van der Waals surface area contributed by atoms with Gasteiger partial charge in [-0.15, -0.1) is 11.3 Å². The van der Waals surface area contributed by atoms with Gasteiger partial charge in [-0.3, -0.25) is 9.20 Å². The number of hydrogen-bond donors (Lipinski definition) is 0. The van der Waals surface area contributed by atoms with E-state index in [0.29, 0.717) is 11.4 Å². The van der Waals surface area contributed by atoms with Gasteiger partial charge in [0.1, 0.15) is 17.2 Å². The summed E-state index contributed by atoms with van der Waals surface area (Å²) in [6, 6.07) is 12.4. The molecule has 0 spiro atoms. The molecular formula is C22H19FN2OS. The fourth-order valence-electron chi connectivity index (χ4n) is 3.50. The van der Waals surface area contributed by atoms with E-state index in [0.717, 1.165) is 34.5 Å². The summed E-state index contributed by atoms with van der Waals surface area (Å²) in [5.74, 6) is -0.309. The second kappa shape index (κ2) is 6.74. The lowest BCUT2D eigenvalue weighted by Crippen LogP contribution is -1.98. The van der Waals surface area contributed by atoms with Gasteiger partial charge in [-0.2, -0.15) is 0 Å². The van der Waals surface area contributed by atoms with E-state index in [2.05, 4.69) is 39.0 Å². The normalized spacial score (nSPS) is 11.3. The van der Waals surface area contributed by atoms with E-state index in [4.69, 9.17) is 4.98 Å². The lowest BCUT2D eigenvalue weighted by molar-refractivity contribution is 0.111. The zero-order valence-corrected chi connectivity index (χ0v) is 16.2. The number of halogens is 1. The summed E-state index contributed by atoms with van der Waals surface area (Å²) in [5, 5.41) is 0. The summed E-state index contributed by atoms with van der Waals surface area (Å²) in [6.45, 7) is 6.27. The Hall–Kier alpha value is -2.79. The van der Waals surface area contributed by atoms with Crippen molar-refractivity contribution < 1.29 is 9.18 Å². The fourth-order valence-corrected chi connectivity index (χ4v) is 4.58. The summed E-state index contributed by atoms with van der Waals surface area (Å²) in [4.78, 5) is 18.7. The Kier molecular flexibility index (Phi) is 4.40. The molecule has 0 bridgehead atoms. The van der Waals surface area contributed by atoms with Gasteiger partial charge < -0.3 is 0 Å². The first-order chi connectivity index (χ1) is 13.0. The van der Waals surface area contributed by atoms with Crippen molar-refractivity contribution in [2.24, 2.45) is 0 Å². The van der Waals surface area contributed by atoms with Crippen LogP contribution in [-0.4, -0.2) is 15.7 Å². The molecule has 3 nitrogen and oxygen atoms in total. The second-order valence-electron chi connectivity index (χ2n) is 6.63. The molecule has 0 radical (unpaired) electrons. The van der Waals surface area contributed by atoms with Crippen LogP contribution in [-0.2, 0) is 6.42 Å². The van der Waals surface area contributed by atoms with Crippen LogP contribution in [0, 0.1) is 19.7 Å². The summed E-state index contributed by atoms with van der Waals surface area (Å²) in [6.07, 6.45) is 1.71. The molecule has 0 fully saturated rings. The van der Waals surface area contributed by atoms with E-state index in [-0.39, 0.29) is 5.82 Å². The van der Waals surface area contributed by atoms with Gasteiger partial charge >= 0.3 is 0 Å². The molecule has 0 aliphatic rings. The maximum atomic E-state index is 13.3. The first-order valence-corrected chi connectivity index (χ1v) is 9.68. The Morgan fingerprint density at radius 3 is 2.52 bits per heavy atom. The van der Waals surface area contributed by atoms with Crippen molar-refractivity contribution in [3.8, 4) is 22.5 Å². The first kappa shape index (κ1) is 17.6. The van der Waals surface area contributed by atoms with E-state index < -0.39 is 0 Å². The third kappa shape index (κ3) is 2.88. The number of hydrogen-bond acceptors (Lipinski definition) is 3. The highest BCUT2D eigenvalue weighted by Crippen LogP contribution is 2.37. The monoisotopic (exact) mass is 378 g/mol. The van der Waals surface area contributed by atoms with Gasteiger partial charge in [0.05, 0.1) is 5.69 Å². The molecule has 2 aromatic carbocycles. The number of benzene rings is 2. The highest BCUT2D eigenvalue weighted by molar-refractivity contribution is 7.17. The number of nitrogens with zero attached hydrogens (tertiary/aromatic N) is 2. The number of fused-ring (bicyclic) bond motifs is 1. The van der Waals surface area contributed by atoms with Gasteiger partial charge in [0.15, 0.2) is 11.2 Å². The standard InChI is InChI=1S/C22H19FN2OS/c1-4-19-21(17-10-5-13(2)11-14(17)3)25-18(12-26)20(24-22(25)27-19)15-6-8-16(23)9-7-15/h5-12H,4H2,1-3H3. The molecule has 27 heavy (non-hydrogen) atoms. The molecule has 0 N–H and O–H groups in total. The van der Waals surface area contributed by atoms with Crippen LogP contribution in [0.5, 0.6) is 0 Å². The third-order valence-electron chi connectivity index (χ3n) is 4.77. The number of aryl methyl sites for hydroxylation is 3. The summed E-state index contributed by atoms with van der Waals surface area (Å²) < 4.78 is 15.2. The number of carbonyl (C=O) groups excluding carboxylic acids is 1. The minimum Gasteiger partial charge on any atom is -0.296 e. The Morgan fingerprint density at radius 1 is 1.15 bits per heavy atom. The average Bonchev–Trinajstić information content (AvgIpc) is 3.18. The molecule has 0 saturated heterocycles. The zero-order valence-electron chi connectivity index (χ0n) is 15.4. The van der Waals surface area contributed by atoms with Crippen molar-refractivity contribution in [1.29, 1.82) is 0 Å². The molecule has 0 aliphatic heterocycles. The Labute approximate surface area is 161 Å². The lowest BCUT2D eigenvalue weighted by Gasteiger charge is -2.10. The maximum Gasteiger partial charge on any atom is 0.195 e. The van der Waals surface area contributed by atoms with Gasteiger partial charge in [-0.05, 0) is 50.1 Å². The number of carbonyl (C=O) groups is 1. The number of rotatable bonds is 4. The number of aldehydes is 1. The zero-order chi connectivity index (χ0) is 19.1. The highest BCUT2D eigenvalue weighted by atomic mass is 32.1. The third-order valence-corrected chi connectivity index (χ3v) is 5.96. The molecule has 0 amide bonds. The topological polar surface area (TPSA) is 34.4 Å². The molecule has 4 aromatic rings. The van der Waals surface area contributed by atoms with E-state index in [1.807, 2.05) is 4.40 Å². The van der Waals surface area contributed by atoms with Crippen LogP contribution >= 0.6 is 11.3 Å². The molecule has 0 aliphatic carbocycles. The number of imidazole rings is 1. The predicted octanol–water partition coefficient (Wildman–Crippen LogP) is 5.86. The van der Waals surface area contributed by atoms with Crippen molar-refractivity contribution in [2.75, 3.05) is 0 Å². The minimum atomic E-state index is -0.309. The Balaban J connectivity index is 2.03. The van der Waals surface area contributed by atoms with Gasteiger partial charge in [0, 0.05) is 16.0 Å². The molecule has 136 valence electrons. The molecule has 2 heterocycles. The van der Waals surface area contributed by atoms with Crippen molar-refractivity contribution in [2.45, 2.75) is 27.2 Å². The predicted molar refractivity (Wildman–Crippen MR) is 108 cm³/mol. The van der Waals surface area contributed by atoms with E-state index in [9.17, 15) is 9.18 Å². The Morgan fingerprint density at radius 2 is 1.89 bits per heavy atom. The van der Waals surface area contributed by atoms with Crippen LogP contribution in [0.1, 0.15) is 33.4 Å². The summed E-state index contributed by atoms with van der Waals surface area (Å²) in [5.41, 5.74) is 6.33. The van der Waals surface area contributed by atoms with Gasteiger partial charge in [-0.25, -0.2) is 9.37 Å². The molecule has 4 rings (SSSR count). The number of aromatic nitrogens is 2. The highest BCUT2D eigenvalue weighted by Gasteiger charge is 2.22. The lowest BCUT2D eigenvalue weighted by atomic mass is 10.0. The summed E-state index contributed by atoms with van der Waals surface area (Å²) >= 11 is 1.60. The van der Waals surface area contributed by atoms with Gasteiger partial charge in [0.2, 0.25) is 0 Å². The molecule has 5 heteroatoms. The molecule has 0 saturated carbocycles. The smallest absolute Gasteiger partial charge is 0.195 e. The minimum absolute atomic E-state index is 0.309.